The van der Waals surface area contributed by atoms with E-state index in [1.807, 2.05) is 38.1 Å². The fraction of sp³-hybridized carbons (Fsp3) is 0.278. The Kier molecular flexibility index (Phi) is 4.46. The van der Waals surface area contributed by atoms with Crippen LogP contribution < -0.4 is 10.1 Å². The molecule has 0 bridgehead atoms. The molecule has 0 aliphatic heterocycles. The highest BCUT2D eigenvalue weighted by Crippen LogP contribution is 2.22. The van der Waals surface area contributed by atoms with E-state index in [0.29, 0.717) is 41.2 Å². The highest BCUT2D eigenvalue weighted by Gasteiger charge is 2.17. The summed E-state index contributed by atoms with van der Waals surface area (Å²) in [6.45, 7) is 6.57. The van der Waals surface area contributed by atoms with Crippen molar-refractivity contribution in [3.63, 3.8) is 0 Å². The summed E-state index contributed by atoms with van der Waals surface area (Å²) >= 11 is 0. The van der Waals surface area contributed by atoms with Crippen LogP contribution in [-0.4, -0.2) is 22.7 Å². The molecule has 2 heterocycles. The Morgan fingerprint density at radius 1 is 1.29 bits per heavy atom. The minimum absolute atomic E-state index is 0.182. The van der Waals surface area contributed by atoms with E-state index in [9.17, 15) is 4.79 Å². The van der Waals surface area contributed by atoms with E-state index >= 15 is 0 Å². The normalized spacial score (nSPS) is 10.8. The van der Waals surface area contributed by atoms with Crippen LogP contribution in [0.25, 0.3) is 11.1 Å². The Morgan fingerprint density at radius 2 is 2.12 bits per heavy atom. The average molecular weight is 325 g/mol. The van der Waals surface area contributed by atoms with Crippen molar-refractivity contribution in [1.82, 2.24) is 15.5 Å². The van der Waals surface area contributed by atoms with Crippen LogP contribution in [0, 0.1) is 13.8 Å². The van der Waals surface area contributed by atoms with Crippen molar-refractivity contribution in [2.24, 2.45) is 0 Å². The Labute approximate surface area is 139 Å². The van der Waals surface area contributed by atoms with Gasteiger partial charge in [0.05, 0.1) is 23.3 Å². The molecule has 1 aromatic carbocycles. The number of carbonyl (C=O) groups is 1. The molecule has 6 heteroatoms. The first-order chi connectivity index (χ1) is 11.6. The molecule has 2 aromatic heterocycles. The number of aryl methyl sites for hydroxylation is 2. The zero-order valence-corrected chi connectivity index (χ0v) is 13.9. The standard InChI is InChI=1S/C18H19N3O3/c1-4-23-14-7-5-6-13(9-14)10-19-17(22)15-8-11(2)20-18-16(15)12(3)21-24-18/h5-9H,4,10H2,1-3H3,(H,19,22). The minimum Gasteiger partial charge on any atom is -0.494 e. The van der Waals surface area contributed by atoms with Gasteiger partial charge in [-0.1, -0.05) is 17.3 Å². The summed E-state index contributed by atoms with van der Waals surface area (Å²) in [5.41, 5.74) is 3.25. The molecule has 0 aliphatic rings. The summed E-state index contributed by atoms with van der Waals surface area (Å²) in [7, 11) is 0. The van der Waals surface area contributed by atoms with Crippen LogP contribution >= 0.6 is 0 Å². The number of carbonyl (C=O) groups excluding carboxylic acids is 1. The summed E-state index contributed by atoms with van der Waals surface area (Å²) in [5, 5.41) is 7.48. The number of nitrogens with one attached hydrogen (secondary N) is 1. The number of rotatable bonds is 5. The number of ether oxygens (including phenoxy) is 1. The molecule has 0 saturated heterocycles. The van der Waals surface area contributed by atoms with Gasteiger partial charge in [0.1, 0.15) is 5.75 Å². The van der Waals surface area contributed by atoms with E-state index in [4.69, 9.17) is 9.26 Å². The molecule has 0 aliphatic carbocycles. The Balaban J connectivity index is 1.81. The van der Waals surface area contributed by atoms with Gasteiger partial charge in [-0.15, -0.1) is 0 Å². The molecule has 124 valence electrons. The molecule has 0 spiro atoms. The minimum atomic E-state index is -0.182. The maximum Gasteiger partial charge on any atom is 0.258 e. The lowest BCUT2D eigenvalue weighted by Gasteiger charge is -2.09. The number of amides is 1. The van der Waals surface area contributed by atoms with Gasteiger partial charge in [-0.2, -0.15) is 0 Å². The molecule has 0 atom stereocenters. The summed E-state index contributed by atoms with van der Waals surface area (Å²) < 4.78 is 10.6. The van der Waals surface area contributed by atoms with Crippen molar-refractivity contribution in [3.05, 3.63) is 52.8 Å². The van der Waals surface area contributed by atoms with Crippen molar-refractivity contribution < 1.29 is 14.1 Å². The third kappa shape index (κ3) is 3.22. The van der Waals surface area contributed by atoms with Gasteiger partial charge in [0.25, 0.3) is 11.6 Å². The molecule has 1 amide bonds. The molecule has 3 rings (SSSR count). The first-order valence-electron chi connectivity index (χ1n) is 7.82. The summed E-state index contributed by atoms with van der Waals surface area (Å²) in [6, 6.07) is 9.41. The van der Waals surface area contributed by atoms with Gasteiger partial charge in [-0.3, -0.25) is 4.79 Å². The zero-order valence-electron chi connectivity index (χ0n) is 13.9. The second kappa shape index (κ2) is 6.70. The highest BCUT2D eigenvalue weighted by molar-refractivity contribution is 6.05. The monoisotopic (exact) mass is 325 g/mol. The number of benzene rings is 1. The van der Waals surface area contributed by atoms with E-state index < -0.39 is 0 Å². The fourth-order valence-electron chi connectivity index (χ4n) is 2.59. The van der Waals surface area contributed by atoms with Crippen LogP contribution in [0.5, 0.6) is 5.75 Å². The summed E-state index contributed by atoms with van der Waals surface area (Å²) in [5.74, 6) is 0.611. The molecular weight excluding hydrogens is 306 g/mol. The van der Waals surface area contributed by atoms with Crippen molar-refractivity contribution in [1.29, 1.82) is 0 Å². The zero-order chi connectivity index (χ0) is 17.1. The smallest absolute Gasteiger partial charge is 0.258 e. The van der Waals surface area contributed by atoms with Gasteiger partial charge >= 0.3 is 0 Å². The van der Waals surface area contributed by atoms with E-state index in [-0.39, 0.29) is 5.91 Å². The molecule has 0 saturated carbocycles. The van der Waals surface area contributed by atoms with Crippen molar-refractivity contribution >= 4 is 17.0 Å². The van der Waals surface area contributed by atoms with Crippen LogP contribution in [0.2, 0.25) is 0 Å². The molecule has 0 unspecified atom stereocenters. The quantitative estimate of drug-likeness (QED) is 0.779. The van der Waals surface area contributed by atoms with Crippen LogP contribution in [0.4, 0.5) is 0 Å². The van der Waals surface area contributed by atoms with Gasteiger partial charge in [-0.05, 0) is 44.5 Å². The Hall–Kier alpha value is -2.89. The first-order valence-corrected chi connectivity index (χ1v) is 7.82. The van der Waals surface area contributed by atoms with Crippen LogP contribution in [0.3, 0.4) is 0 Å². The van der Waals surface area contributed by atoms with Gasteiger partial charge < -0.3 is 14.6 Å². The summed E-state index contributed by atoms with van der Waals surface area (Å²) in [6.07, 6.45) is 0. The Bertz CT molecular complexity index is 886. The fourth-order valence-corrected chi connectivity index (χ4v) is 2.59. The van der Waals surface area contributed by atoms with Crippen LogP contribution in [0.1, 0.15) is 34.2 Å². The molecule has 1 N–H and O–H groups in total. The van der Waals surface area contributed by atoms with E-state index in [1.54, 1.807) is 13.0 Å². The molecule has 0 fully saturated rings. The molecule has 24 heavy (non-hydrogen) atoms. The van der Waals surface area contributed by atoms with Gasteiger partial charge in [0, 0.05) is 12.2 Å². The third-order valence-electron chi connectivity index (χ3n) is 3.65. The average Bonchev–Trinajstić information content (AvgIpc) is 2.93. The molecule has 6 nitrogen and oxygen atoms in total. The Morgan fingerprint density at radius 3 is 2.92 bits per heavy atom. The number of hydrogen-bond acceptors (Lipinski definition) is 5. The predicted octanol–water partition coefficient (Wildman–Crippen LogP) is 3.17. The van der Waals surface area contributed by atoms with E-state index in [2.05, 4.69) is 15.5 Å². The second-order valence-electron chi connectivity index (χ2n) is 5.52. The first kappa shape index (κ1) is 16.0. The summed E-state index contributed by atoms with van der Waals surface area (Å²) in [4.78, 5) is 16.9. The number of pyridine rings is 1. The van der Waals surface area contributed by atoms with Crippen molar-refractivity contribution in [2.75, 3.05) is 6.61 Å². The topological polar surface area (TPSA) is 77.2 Å². The van der Waals surface area contributed by atoms with Crippen molar-refractivity contribution in [2.45, 2.75) is 27.3 Å². The lowest BCUT2D eigenvalue weighted by Crippen LogP contribution is -2.23. The molecule has 3 aromatic rings. The van der Waals surface area contributed by atoms with Gasteiger partial charge in [-0.25, -0.2) is 4.98 Å². The van der Waals surface area contributed by atoms with E-state index in [1.165, 1.54) is 0 Å². The van der Waals surface area contributed by atoms with Gasteiger partial charge in [0.2, 0.25) is 0 Å². The number of hydrogen-bond donors (Lipinski definition) is 1. The predicted molar refractivity (Wildman–Crippen MR) is 90.1 cm³/mol. The number of fused-ring (bicyclic) bond motifs is 1. The third-order valence-corrected chi connectivity index (χ3v) is 3.65. The van der Waals surface area contributed by atoms with Crippen LogP contribution in [0.15, 0.2) is 34.9 Å². The lowest BCUT2D eigenvalue weighted by atomic mass is 10.1. The number of aromatic nitrogens is 2. The van der Waals surface area contributed by atoms with Crippen molar-refractivity contribution in [3.8, 4) is 5.75 Å². The SMILES string of the molecule is CCOc1cccc(CNC(=O)c2cc(C)nc3onc(C)c23)c1. The number of nitrogens with zero attached hydrogens (tertiary/aromatic N) is 2. The van der Waals surface area contributed by atoms with E-state index in [0.717, 1.165) is 11.3 Å². The molecular formula is C18H19N3O3. The lowest BCUT2D eigenvalue weighted by molar-refractivity contribution is 0.0952. The largest absolute Gasteiger partial charge is 0.494 e. The highest BCUT2D eigenvalue weighted by atomic mass is 16.5. The second-order valence-corrected chi connectivity index (χ2v) is 5.52. The maximum absolute atomic E-state index is 12.6. The molecule has 0 radical (unpaired) electrons. The van der Waals surface area contributed by atoms with Gasteiger partial charge in [0.15, 0.2) is 0 Å². The van der Waals surface area contributed by atoms with Crippen LogP contribution in [-0.2, 0) is 6.54 Å². The maximum atomic E-state index is 12.6.